The van der Waals surface area contributed by atoms with Gasteiger partial charge >= 0.3 is 5.97 Å². The number of nitrogens with one attached hydrogen (secondary N) is 1. The molecule has 1 aromatic carbocycles. The molecule has 144 valence electrons. The molecule has 0 aliphatic heterocycles. The van der Waals surface area contributed by atoms with Crippen molar-refractivity contribution in [3.63, 3.8) is 0 Å². The zero-order chi connectivity index (χ0) is 20.0. The number of benzene rings is 1. The number of carboxylic acid groups (broad SMARTS) is 1. The normalized spacial score (nSPS) is 12.3. The van der Waals surface area contributed by atoms with E-state index >= 15 is 0 Å². The molecule has 0 aliphatic carbocycles. The van der Waals surface area contributed by atoms with Crippen molar-refractivity contribution in [3.05, 3.63) is 58.0 Å². The third-order valence-corrected chi connectivity index (χ3v) is 7.08. The first-order chi connectivity index (χ1) is 12.8. The number of fused-ring (bicyclic) bond motifs is 1. The largest absolute Gasteiger partial charge is 0.480 e. The number of hydrogen-bond donors (Lipinski definition) is 2. The Morgan fingerprint density at radius 3 is 2.59 bits per heavy atom. The summed E-state index contributed by atoms with van der Waals surface area (Å²) < 4.78 is 27.7. The second kappa shape index (κ2) is 9.41. The zero-order valence-corrected chi connectivity index (χ0v) is 17.9. The second-order valence-electron chi connectivity index (χ2n) is 5.31. The Labute approximate surface area is 170 Å². The number of aliphatic carboxylic acids is 1. The van der Waals surface area contributed by atoms with E-state index < -0.39 is 22.0 Å². The number of halogens is 1. The number of thiophene rings is 1. The minimum absolute atomic E-state index is 0.00105. The maximum absolute atomic E-state index is 12.4. The van der Waals surface area contributed by atoms with E-state index in [9.17, 15) is 18.3 Å². The van der Waals surface area contributed by atoms with Gasteiger partial charge in [0, 0.05) is 18.0 Å². The van der Waals surface area contributed by atoms with Crippen molar-refractivity contribution < 1.29 is 18.3 Å². The van der Waals surface area contributed by atoms with Gasteiger partial charge in [-0.3, -0.25) is 9.78 Å². The van der Waals surface area contributed by atoms with E-state index in [-0.39, 0.29) is 10.6 Å². The van der Waals surface area contributed by atoms with Crippen LogP contribution in [-0.2, 0) is 21.2 Å². The van der Waals surface area contributed by atoms with Crippen molar-refractivity contribution in [3.8, 4) is 0 Å². The lowest BCUT2D eigenvalue weighted by molar-refractivity contribution is -0.138. The van der Waals surface area contributed by atoms with Gasteiger partial charge in [0.1, 0.15) is 10.3 Å². The maximum Gasteiger partial charge on any atom is 0.322 e. The minimum Gasteiger partial charge on any atom is -0.480 e. The number of carboxylic acids is 1. The average Bonchev–Trinajstić information content (AvgIpc) is 3.10. The molecule has 3 aromatic rings. The topological polar surface area (TPSA) is 96.4 Å². The summed E-state index contributed by atoms with van der Waals surface area (Å²) in [7, 11) is -3.91. The second-order valence-corrected chi connectivity index (χ2v) is 9.71. The Kier molecular flexibility index (Phi) is 7.49. The van der Waals surface area contributed by atoms with Crippen molar-refractivity contribution in [1.82, 2.24) is 9.71 Å². The molecule has 0 fully saturated rings. The van der Waals surface area contributed by atoms with Crippen LogP contribution in [0.15, 0.2) is 56.7 Å². The smallest absolute Gasteiger partial charge is 0.322 e. The van der Waals surface area contributed by atoms with Crippen LogP contribution in [0, 0.1) is 0 Å². The highest BCUT2D eigenvalue weighted by Crippen LogP contribution is 2.26. The molecule has 2 heterocycles. The number of rotatable bonds is 6. The molecule has 0 bridgehead atoms. The summed E-state index contributed by atoms with van der Waals surface area (Å²) in [6.07, 6.45) is 1.56. The fourth-order valence-corrected chi connectivity index (χ4v) is 5.55. The SMILES string of the molecule is CC.O=C(O)[C@@H](Cc1cnc2ccccc2c1)NS(=O)(=O)c1ccc(Br)s1. The molecule has 0 unspecified atom stereocenters. The molecule has 1 atom stereocenters. The number of hydrogen-bond acceptors (Lipinski definition) is 5. The number of pyridine rings is 1. The van der Waals surface area contributed by atoms with Gasteiger partial charge in [0.2, 0.25) is 0 Å². The van der Waals surface area contributed by atoms with Crippen LogP contribution in [0.2, 0.25) is 0 Å². The van der Waals surface area contributed by atoms with Crippen LogP contribution in [0.3, 0.4) is 0 Å². The quantitative estimate of drug-likeness (QED) is 0.565. The third-order valence-electron chi connectivity index (χ3n) is 3.50. The van der Waals surface area contributed by atoms with Crippen LogP contribution in [0.4, 0.5) is 0 Å². The Morgan fingerprint density at radius 1 is 1.26 bits per heavy atom. The van der Waals surface area contributed by atoms with Crippen molar-refractivity contribution >= 4 is 54.2 Å². The fraction of sp³-hybridized carbons (Fsp3) is 0.222. The summed E-state index contributed by atoms with van der Waals surface area (Å²) in [5, 5.41) is 10.3. The molecule has 0 aliphatic rings. The van der Waals surface area contributed by atoms with E-state index in [0.29, 0.717) is 9.35 Å². The monoisotopic (exact) mass is 470 g/mol. The predicted octanol–water partition coefficient (Wildman–Crippen LogP) is 4.06. The highest BCUT2D eigenvalue weighted by molar-refractivity contribution is 9.11. The summed E-state index contributed by atoms with van der Waals surface area (Å²) >= 11 is 4.22. The third kappa shape index (κ3) is 5.58. The van der Waals surface area contributed by atoms with Crippen molar-refractivity contribution in [2.75, 3.05) is 0 Å². The lowest BCUT2D eigenvalue weighted by Crippen LogP contribution is -2.42. The van der Waals surface area contributed by atoms with Gasteiger partial charge in [0.15, 0.2) is 0 Å². The van der Waals surface area contributed by atoms with Crippen LogP contribution in [0.5, 0.6) is 0 Å². The maximum atomic E-state index is 12.4. The Bertz CT molecular complexity index is 1030. The number of aromatic nitrogens is 1. The van der Waals surface area contributed by atoms with Gasteiger partial charge < -0.3 is 5.11 Å². The first-order valence-corrected chi connectivity index (χ1v) is 11.3. The highest BCUT2D eigenvalue weighted by Gasteiger charge is 2.27. The molecule has 0 amide bonds. The molecule has 0 radical (unpaired) electrons. The van der Waals surface area contributed by atoms with Gasteiger partial charge in [0.05, 0.1) is 9.30 Å². The molecule has 0 spiro atoms. The zero-order valence-electron chi connectivity index (χ0n) is 14.7. The Balaban J connectivity index is 0.00000126. The van der Waals surface area contributed by atoms with Crippen LogP contribution >= 0.6 is 27.3 Å². The van der Waals surface area contributed by atoms with Gasteiger partial charge in [-0.1, -0.05) is 32.0 Å². The molecular formula is C18H19BrN2O4S2. The van der Waals surface area contributed by atoms with Crippen LogP contribution in [0.1, 0.15) is 19.4 Å². The summed E-state index contributed by atoms with van der Waals surface area (Å²) in [6.45, 7) is 4.00. The van der Waals surface area contributed by atoms with Crippen molar-refractivity contribution in [2.24, 2.45) is 0 Å². The Hall–Kier alpha value is -1.81. The van der Waals surface area contributed by atoms with Gasteiger partial charge in [0.25, 0.3) is 10.0 Å². The first kappa shape index (κ1) is 21.5. The van der Waals surface area contributed by atoms with Crippen LogP contribution in [0.25, 0.3) is 10.9 Å². The van der Waals surface area contributed by atoms with Crippen molar-refractivity contribution in [1.29, 1.82) is 0 Å². The summed E-state index contributed by atoms with van der Waals surface area (Å²) in [5.41, 5.74) is 1.43. The highest BCUT2D eigenvalue weighted by atomic mass is 79.9. The summed E-state index contributed by atoms with van der Waals surface area (Å²) in [6, 6.07) is 11.0. The lowest BCUT2D eigenvalue weighted by atomic mass is 10.1. The van der Waals surface area contributed by atoms with E-state index in [1.54, 1.807) is 12.3 Å². The van der Waals surface area contributed by atoms with Crippen LogP contribution in [-0.4, -0.2) is 30.5 Å². The van der Waals surface area contributed by atoms with E-state index in [1.807, 2.05) is 44.2 Å². The first-order valence-electron chi connectivity index (χ1n) is 8.19. The number of carbonyl (C=O) groups is 1. The number of para-hydroxylation sites is 1. The molecule has 0 saturated heterocycles. The molecule has 6 nitrogen and oxygen atoms in total. The van der Waals surface area contributed by atoms with Gasteiger partial charge in [-0.05, 0) is 45.8 Å². The fourth-order valence-electron chi connectivity index (χ4n) is 2.33. The number of sulfonamides is 1. The van der Waals surface area contributed by atoms with Gasteiger partial charge in [-0.15, -0.1) is 11.3 Å². The number of nitrogens with zero attached hydrogens (tertiary/aromatic N) is 1. The van der Waals surface area contributed by atoms with Crippen molar-refractivity contribution in [2.45, 2.75) is 30.5 Å². The van der Waals surface area contributed by atoms with E-state index in [0.717, 1.165) is 22.2 Å². The van der Waals surface area contributed by atoms with E-state index in [2.05, 4.69) is 25.6 Å². The molecule has 2 N–H and O–H groups in total. The molecule has 3 rings (SSSR count). The lowest BCUT2D eigenvalue weighted by Gasteiger charge is -2.14. The Morgan fingerprint density at radius 2 is 1.96 bits per heavy atom. The minimum atomic E-state index is -3.91. The van der Waals surface area contributed by atoms with E-state index in [4.69, 9.17) is 0 Å². The molecule has 27 heavy (non-hydrogen) atoms. The van der Waals surface area contributed by atoms with E-state index in [1.165, 1.54) is 6.07 Å². The van der Waals surface area contributed by atoms with Gasteiger partial charge in [-0.25, -0.2) is 8.42 Å². The summed E-state index contributed by atoms with van der Waals surface area (Å²) in [4.78, 5) is 15.8. The molecule has 9 heteroatoms. The molecule has 0 saturated carbocycles. The molecule has 2 aromatic heterocycles. The standard InChI is InChI=1S/C16H13BrN2O4S2.C2H6/c17-14-5-6-15(24-14)25(22,23)19-13(16(20)21)8-10-7-11-3-1-2-4-12(11)18-9-10;1-2/h1-7,9,13,19H,8H2,(H,20,21);1-2H3/t13-;/m1./s1. The predicted molar refractivity (Wildman–Crippen MR) is 111 cm³/mol. The average molecular weight is 471 g/mol. The molecular weight excluding hydrogens is 452 g/mol. The van der Waals surface area contributed by atoms with Crippen LogP contribution < -0.4 is 4.72 Å². The summed E-state index contributed by atoms with van der Waals surface area (Å²) in [5.74, 6) is -1.24. The van der Waals surface area contributed by atoms with Gasteiger partial charge in [-0.2, -0.15) is 4.72 Å².